The first-order valence-electron chi connectivity index (χ1n) is 11.5. The van der Waals surface area contributed by atoms with Crippen molar-refractivity contribution in [3.8, 4) is 17.0 Å². The summed E-state index contributed by atoms with van der Waals surface area (Å²) in [6.07, 6.45) is 7.39. The van der Waals surface area contributed by atoms with Crippen LogP contribution >= 0.6 is 0 Å². The molecule has 1 atom stereocenters. The zero-order valence-electron chi connectivity index (χ0n) is 19.8. The van der Waals surface area contributed by atoms with Crippen LogP contribution in [0.4, 0.5) is 5.69 Å². The molecule has 36 heavy (non-hydrogen) atoms. The number of aryl methyl sites for hydroxylation is 1. The Morgan fingerprint density at radius 3 is 2.64 bits per heavy atom. The molecule has 0 unspecified atom stereocenters. The topological polar surface area (TPSA) is 105 Å². The van der Waals surface area contributed by atoms with Crippen molar-refractivity contribution in [3.63, 3.8) is 0 Å². The number of ether oxygens (including phenoxy) is 1. The van der Waals surface area contributed by atoms with E-state index in [1.165, 1.54) is 5.39 Å². The van der Waals surface area contributed by atoms with E-state index in [1.54, 1.807) is 25.6 Å². The number of methoxy groups -OCH3 is 1. The molecule has 0 aliphatic heterocycles. The standard InChI is InChI=1S/C28H23N7O/c1-35-11-9-17-5-6-18(12-25(17)35)21-13-20(29)14-23-28(21)32-24(16-31-23)27(19-4-3-10-30-15-19)22-7-8-26(36-2)34-33-22/h3-16,27H,29H2,1-2H3/t27-/m0/s1. The molecule has 0 fully saturated rings. The fourth-order valence-corrected chi connectivity index (χ4v) is 4.57. The number of fused-ring (bicyclic) bond motifs is 2. The van der Waals surface area contributed by atoms with Crippen LogP contribution < -0.4 is 10.5 Å². The predicted molar refractivity (Wildman–Crippen MR) is 140 cm³/mol. The smallest absolute Gasteiger partial charge is 0.233 e. The van der Waals surface area contributed by atoms with Gasteiger partial charge in [0, 0.05) is 48.5 Å². The number of anilines is 1. The van der Waals surface area contributed by atoms with Gasteiger partial charge in [-0.25, -0.2) is 4.98 Å². The molecule has 2 aromatic carbocycles. The lowest BCUT2D eigenvalue weighted by molar-refractivity contribution is 0.391. The van der Waals surface area contributed by atoms with Gasteiger partial charge >= 0.3 is 0 Å². The van der Waals surface area contributed by atoms with Gasteiger partial charge in [-0.1, -0.05) is 18.2 Å². The molecule has 0 aliphatic carbocycles. The van der Waals surface area contributed by atoms with E-state index in [-0.39, 0.29) is 5.92 Å². The van der Waals surface area contributed by atoms with E-state index in [0.29, 0.717) is 11.6 Å². The molecule has 6 rings (SSSR count). The number of nitrogens with zero attached hydrogens (tertiary/aromatic N) is 6. The van der Waals surface area contributed by atoms with Crippen molar-refractivity contribution >= 4 is 27.6 Å². The molecule has 0 saturated heterocycles. The third kappa shape index (κ3) is 3.78. The number of nitrogen functional groups attached to an aromatic ring is 1. The zero-order valence-corrected chi connectivity index (χ0v) is 19.8. The van der Waals surface area contributed by atoms with Gasteiger partial charge in [0.05, 0.1) is 41.6 Å². The second kappa shape index (κ2) is 8.74. The van der Waals surface area contributed by atoms with Crippen molar-refractivity contribution in [2.45, 2.75) is 5.92 Å². The number of hydrogen-bond donors (Lipinski definition) is 1. The molecule has 8 nitrogen and oxygen atoms in total. The highest BCUT2D eigenvalue weighted by Crippen LogP contribution is 2.34. The number of pyridine rings is 1. The lowest BCUT2D eigenvalue weighted by atomic mass is 9.93. The maximum absolute atomic E-state index is 6.28. The average Bonchev–Trinajstić information content (AvgIpc) is 3.29. The maximum Gasteiger partial charge on any atom is 0.233 e. The van der Waals surface area contributed by atoms with Crippen molar-refractivity contribution in [2.24, 2.45) is 7.05 Å². The summed E-state index contributed by atoms with van der Waals surface area (Å²) in [5, 5.41) is 9.78. The van der Waals surface area contributed by atoms with Gasteiger partial charge in [0.15, 0.2) is 0 Å². The zero-order chi connectivity index (χ0) is 24.6. The van der Waals surface area contributed by atoms with E-state index in [9.17, 15) is 0 Å². The molecule has 2 N–H and O–H groups in total. The van der Waals surface area contributed by atoms with E-state index in [1.807, 2.05) is 43.6 Å². The summed E-state index contributed by atoms with van der Waals surface area (Å²) < 4.78 is 7.30. The van der Waals surface area contributed by atoms with Crippen LogP contribution in [0.15, 0.2) is 85.5 Å². The Morgan fingerprint density at radius 2 is 1.86 bits per heavy atom. The van der Waals surface area contributed by atoms with Crippen LogP contribution in [0.1, 0.15) is 22.9 Å². The highest BCUT2D eigenvalue weighted by atomic mass is 16.5. The summed E-state index contributed by atoms with van der Waals surface area (Å²) in [4.78, 5) is 14.2. The minimum atomic E-state index is -0.310. The number of nitrogens with two attached hydrogens (primary N) is 1. The van der Waals surface area contributed by atoms with Gasteiger partial charge in [-0.2, -0.15) is 5.10 Å². The summed E-state index contributed by atoms with van der Waals surface area (Å²) in [5.41, 5.74) is 13.9. The van der Waals surface area contributed by atoms with Crippen molar-refractivity contribution in [3.05, 3.63) is 102 Å². The Kier molecular flexibility index (Phi) is 5.26. The molecule has 0 radical (unpaired) electrons. The van der Waals surface area contributed by atoms with Gasteiger partial charge in [-0.15, -0.1) is 5.10 Å². The van der Waals surface area contributed by atoms with E-state index >= 15 is 0 Å². The molecule has 8 heteroatoms. The van der Waals surface area contributed by atoms with Gasteiger partial charge in [-0.05, 0) is 52.9 Å². The third-order valence-corrected chi connectivity index (χ3v) is 6.37. The van der Waals surface area contributed by atoms with Crippen LogP contribution in [0.5, 0.6) is 5.88 Å². The summed E-state index contributed by atoms with van der Waals surface area (Å²) in [6, 6.07) is 19.9. The second-order valence-corrected chi connectivity index (χ2v) is 8.65. The van der Waals surface area contributed by atoms with Gasteiger partial charge < -0.3 is 15.0 Å². The lowest BCUT2D eigenvalue weighted by Gasteiger charge is -2.17. The van der Waals surface area contributed by atoms with Crippen molar-refractivity contribution < 1.29 is 4.74 Å². The van der Waals surface area contributed by atoms with Gasteiger partial charge in [0.1, 0.15) is 0 Å². The van der Waals surface area contributed by atoms with E-state index < -0.39 is 0 Å². The Balaban J connectivity index is 1.56. The van der Waals surface area contributed by atoms with Gasteiger partial charge in [0.2, 0.25) is 5.88 Å². The van der Waals surface area contributed by atoms with Crippen LogP contribution in [0.2, 0.25) is 0 Å². The fraction of sp³-hybridized carbons (Fsp3) is 0.107. The van der Waals surface area contributed by atoms with Crippen LogP contribution in [-0.2, 0) is 7.05 Å². The van der Waals surface area contributed by atoms with E-state index in [2.05, 4.69) is 50.2 Å². The lowest BCUT2D eigenvalue weighted by Crippen LogP contribution is -2.10. The third-order valence-electron chi connectivity index (χ3n) is 6.37. The summed E-state index contributed by atoms with van der Waals surface area (Å²) >= 11 is 0. The molecule has 4 aromatic heterocycles. The minimum Gasteiger partial charge on any atom is -0.480 e. The van der Waals surface area contributed by atoms with Crippen molar-refractivity contribution in [2.75, 3.05) is 12.8 Å². The Hall–Kier alpha value is -4.85. The summed E-state index contributed by atoms with van der Waals surface area (Å²) in [6.45, 7) is 0. The number of aromatic nitrogens is 6. The molecule has 176 valence electrons. The second-order valence-electron chi connectivity index (χ2n) is 8.65. The Bertz CT molecular complexity index is 1700. The first-order chi connectivity index (χ1) is 17.6. The van der Waals surface area contributed by atoms with Crippen LogP contribution in [0.25, 0.3) is 33.1 Å². The van der Waals surface area contributed by atoms with Gasteiger partial charge in [-0.3, -0.25) is 9.97 Å². The molecule has 6 aromatic rings. The average molecular weight is 474 g/mol. The molecule has 0 saturated carbocycles. The highest BCUT2D eigenvalue weighted by molar-refractivity contribution is 5.97. The molecule has 0 spiro atoms. The monoisotopic (exact) mass is 473 g/mol. The normalized spacial score (nSPS) is 12.2. The highest BCUT2D eigenvalue weighted by Gasteiger charge is 2.22. The first-order valence-corrected chi connectivity index (χ1v) is 11.5. The predicted octanol–water partition coefficient (Wildman–Crippen LogP) is 4.74. The minimum absolute atomic E-state index is 0.310. The SMILES string of the molecule is COc1ccc([C@H](c2cccnc2)c2cnc3cc(N)cc(-c4ccc5ccn(C)c5c4)c3n2)nn1. The molecule has 0 bridgehead atoms. The number of rotatable bonds is 5. The van der Waals surface area contributed by atoms with Crippen LogP contribution in [0.3, 0.4) is 0 Å². The maximum atomic E-state index is 6.28. The van der Waals surface area contributed by atoms with Crippen LogP contribution in [-0.4, -0.2) is 36.8 Å². The van der Waals surface area contributed by atoms with Crippen molar-refractivity contribution in [1.82, 2.24) is 29.7 Å². The largest absolute Gasteiger partial charge is 0.480 e. The Morgan fingerprint density at radius 1 is 0.944 bits per heavy atom. The van der Waals surface area contributed by atoms with Crippen LogP contribution in [0, 0.1) is 0 Å². The Labute approximate surface area is 207 Å². The number of hydrogen-bond acceptors (Lipinski definition) is 7. The molecule has 0 amide bonds. The first kappa shape index (κ1) is 21.7. The molecular formula is C28H23N7O. The van der Waals surface area contributed by atoms with Crippen molar-refractivity contribution in [1.29, 1.82) is 0 Å². The van der Waals surface area contributed by atoms with Gasteiger partial charge in [0.25, 0.3) is 0 Å². The number of benzene rings is 2. The van der Waals surface area contributed by atoms with E-state index in [0.717, 1.165) is 44.6 Å². The summed E-state index contributed by atoms with van der Waals surface area (Å²) in [7, 11) is 3.60. The van der Waals surface area contributed by atoms with E-state index in [4.69, 9.17) is 20.4 Å². The molecular weight excluding hydrogens is 450 g/mol. The fourth-order valence-electron chi connectivity index (χ4n) is 4.57. The molecule has 0 aliphatic rings. The summed E-state index contributed by atoms with van der Waals surface area (Å²) in [5.74, 6) is 0.136. The quantitative estimate of drug-likeness (QED) is 0.361. The molecule has 4 heterocycles.